The molecule has 0 spiro atoms. The van der Waals surface area contributed by atoms with Crippen LogP contribution in [0.1, 0.15) is 24.5 Å². The van der Waals surface area contributed by atoms with Gasteiger partial charge in [-0.3, -0.25) is 0 Å². The van der Waals surface area contributed by atoms with Gasteiger partial charge in [-0.1, -0.05) is 61.9 Å². The fourth-order valence-electron chi connectivity index (χ4n) is 3.00. The molecule has 3 aromatic rings. The highest BCUT2D eigenvalue weighted by molar-refractivity contribution is 5.69. The summed E-state index contributed by atoms with van der Waals surface area (Å²) in [5.74, 6) is -11.3. The molecule has 0 amide bonds. The van der Waals surface area contributed by atoms with E-state index in [9.17, 15) is 30.7 Å². The quantitative estimate of drug-likeness (QED) is 0.260. The summed E-state index contributed by atoms with van der Waals surface area (Å²) in [5, 5.41) is 0. The van der Waals surface area contributed by atoms with Gasteiger partial charge < -0.3 is 4.74 Å². The van der Waals surface area contributed by atoms with Gasteiger partial charge in [0.05, 0.1) is 0 Å². The van der Waals surface area contributed by atoms with E-state index in [1.165, 1.54) is 12.1 Å². The number of hydrogen-bond donors (Lipinski definition) is 0. The van der Waals surface area contributed by atoms with Gasteiger partial charge in [-0.05, 0) is 23.1 Å². The van der Waals surface area contributed by atoms with E-state index in [0.717, 1.165) is 36.1 Å². The number of hydrogen-bond acceptors (Lipinski definition) is 1. The minimum absolute atomic E-state index is 0.0953. The van der Waals surface area contributed by atoms with Crippen molar-refractivity contribution < 1.29 is 35.5 Å². The second kappa shape index (κ2) is 9.46. The zero-order valence-electron chi connectivity index (χ0n) is 16.7. The average molecular weight is 454 g/mol. The Balaban J connectivity index is 1.82. The van der Waals surface area contributed by atoms with E-state index in [1.54, 1.807) is 0 Å². The molecule has 0 aliphatic carbocycles. The molecule has 1 nitrogen and oxygen atoms in total. The normalized spacial score (nSPS) is 12.5. The third-order valence-electron chi connectivity index (χ3n) is 4.62. The Morgan fingerprint density at radius 2 is 1.31 bits per heavy atom. The molecular weight excluding hydrogens is 437 g/mol. The van der Waals surface area contributed by atoms with Crippen molar-refractivity contribution >= 4 is 5.83 Å². The van der Waals surface area contributed by atoms with Crippen LogP contribution >= 0.6 is 0 Å². The zero-order chi connectivity index (χ0) is 23.5. The molecule has 0 fully saturated rings. The number of ether oxygens (including phenoxy) is 1. The van der Waals surface area contributed by atoms with E-state index in [0.29, 0.717) is 5.56 Å². The molecule has 3 aromatic carbocycles. The highest BCUT2D eigenvalue weighted by Crippen LogP contribution is 2.36. The second-order valence-corrected chi connectivity index (χ2v) is 6.97. The predicted octanol–water partition coefficient (Wildman–Crippen LogP) is 8.00. The van der Waals surface area contributed by atoms with Crippen LogP contribution in [-0.4, -0.2) is 6.11 Å². The van der Waals surface area contributed by atoms with Gasteiger partial charge in [0.25, 0.3) is 0 Å². The molecule has 3 rings (SSSR count). The van der Waals surface area contributed by atoms with Crippen LogP contribution in [-0.2, 0) is 6.42 Å². The number of halogens is 7. The first kappa shape index (κ1) is 23.4. The maximum Gasteiger partial charge on any atom is 0.457 e. The van der Waals surface area contributed by atoms with Gasteiger partial charge in [0, 0.05) is 17.7 Å². The summed E-state index contributed by atoms with van der Waals surface area (Å²) in [6, 6.07) is 12.9. The predicted molar refractivity (Wildman–Crippen MR) is 107 cm³/mol. The van der Waals surface area contributed by atoms with Crippen LogP contribution in [0, 0.1) is 17.5 Å². The smallest absolute Gasteiger partial charge is 0.427 e. The van der Waals surface area contributed by atoms with Gasteiger partial charge in [0.1, 0.15) is 5.75 Å². The van der Waals surface area contributed by atoms with Crippen molar-refractivity contribution in [2.75, 3.05) is 0 Å². The van der Waals surface area contributed by atoms with Gasteiger partial charge >= 0.3 is 6.11 Å². The molecule has 0 N–H and O–H groups in total. The van der Waals surface area contributed by atoms with E-state index >= 15 is 0 Å². The molecule has 0 aliphatic heterocycles. The summed E-state index contributed by atoms with van der Waals surface area (Å²) < 4.78 is 99.7. The van der Waals surface area contributed by atoms with E-state index in [2.05, 4.69) is 11.7 Å². The monoisotopic (exact) mass is 454 g/mol. The molecule has 0 radical (unpaired) electrons. The van der Waals surface area contributed by atoms with Gasteiger partial charge in [-0.15, -0.1) is 0 Å². The minimum Gasteiger partial charge on any atom is -0.427 e. The van der Waals surface area contributed by atoms with E-state index < -0.39 is 46.5 Å². The van der Waals surface area contributed by atoms with Crippen LogP contribution in [0.3, 0.4) is 0 Å². The average Bonchev–Trinajstić information content (AvgIpc) is 2.77. The van der Waals surface area contributed by atoms with Crippen molar-refractivity contribution in [2.24, 2.45) is 0 Å². The Hall–Kier alpha value is -3.29. The third-order valence-corrected chi connectivity index (χ3v) is 4.62. The first-order valence-electron chi connectivity index (χ1n) is 9.59. The van der Waals surface area contributed by atoms with Crippen molar-refractivity contribution in [3.8, 4) is 16.9 Å². The maximum atomic E-state index is 14.4. The fraction of sp³-hybridized carbons (Fsp3) is 0.167. The minimum atomic E-state index is -4.89. The fourth-order valence-corrected chi connectivity index (χ4v) is 3.00. The van der Waals surface area contributed by atoms with Crippen LogP contribution in [0.15, 0.2) is 66.5 Å². The molecule has 32 heavy (non-hydrogen) atoms. The number of aryl methyl sites for hydroxylation is 1. The largest absolute Gasteiger partial charge is 0.457 e. The highest BCUT2D eigenvalue weighted by atomic mass is 19.3. The standard InChI is InChI=1S/C24H17F7O/c1-2-3-14-4-6-15(7-5-14)16-8-10-17(11-9-16)21(27)23(29)24(30,31)32-18-12-19(25)22(28)20(26)13-18/h4-13H,2-3H2,1H3. The number of rotatable bonds is 7. The Bertz CT molecular complexity index is 1100. The third kappa shape index (κ3) is 5.12. The summed E-state index contributed by atoms with van der Waals surface area (Å²) in [6.07, 6.45) is -2.98. The number of benzene rings is 3. The van der Waals surface area contributed by atoms with Crippen LogP contribution in [0.25, 0.3) is 17.0 Å². The van der Waals surface area contributed by atoms with Gasteiger partial charge in [-0.25, -0.2) is 17.6 Å². The maximum absolute atomic E-state index is 14.4. The summed E-state index contributed by atoms with van der Waals surface area (Å²) in [5.41, 5.74) is 2.11. The van der Waals surface area contributed by atoms with Gasteiger partial charge in [0.15, 0.2) is 23.3 Å². The molecule has 0 heterocycles. The SMILES string of the molecule is CCCc1ccc(-c2ccc(C(F)=C(F)C(F)(F)Oc3cc(F)c(F)c(F)c3)cc2)cc1. The molecule has 8 heteroatoms. The summed E-state index contributed by atoms with van der Waals surface area (Å²) in [7, 11) is 0. The van der Waals surface area contributed by atoms with E-state index in [4.69, 9.17) is 0 Å². The Morgan fingerprint density at radius 3 is 1.81 bits per heavy atom. The van der Waals surface area contributed by atoms with Crippen molar-refractivity contribution in [1.82, 2.24) is 0 Å². The highest BCUT2D eigenvalue weighted by Gasteiger charge is 2.42. The van der Waals surface area contributed by atoms with E-state index in [1.807, 2.05) is 24.3 Å². The summed E-state index contributed by atoms with van der Waals surface area (Å²) in [6.45, 7) is 2.05. The van der Waals surface area contributed by atoms with Gasteiger partial charge in [0.2, 0.25) is 5.83 Å². The molecule has 168 valence electrons. The molecule has 0 saturated carbocycles. The second-order valence-electron chi connectivity index (χ2n) is 6.97. The number of alkyl halides is 2. The van der Waals surface area contributed by atoms with Crippen molar-refractivity contribution in [3.05, 3.63) is 95.1 Å². The Kier molecular flexibility index (Phi) is 6.91. The lowest BCUT2D eigenvalue weighted by molar-refractivity contribution is -0.156. The molecular formula is C24H17F7O. The lowest BCUT2D eigenvalue weighted by atomic mass is 10.0. The van der Waals surface area contributed by atoms with Gasteiger partial charge in [-0.2, -0.15) is 13.2 Å². The lowest BCUT2D eigenvalue weighted by Crippen LogP contribution is -2.26. The first-order chi connectivity index (χ1) is 15.1. The topological polar surface area (TPSA) is 9.23 Å². The van der Waals surface area contributed by atoms with Crippen molar-refractivity contribution in [3.63, 3.8) is 0 Å². The summed E-state index contributed by atoms with van der Waals surface area (Å²) in [4.78, 5) is 0. The van der Waals surface area contributed by atoms with Crippen molar-refractivity contribution in [1.29, 1.82) is 0 Å². The molecule has 0 atom stereocenters. The zero-order valence-corrected chi connectivity index (χ0v) is 16.7. The summed E-state index contributed by atoms with van der Waals surface area (Å²) >= 11 is 0. The molecule has 0 aromatic heterocycles. The Morgan fingerprint density at radius 1 is 0.812 bits per heavy atom. The van der Waals surface area contributed by atoms with Crippen LogP contribution in [0.4, 0.5) is 30.7 Å². The van der Waals surface area contributed by atoms with E-state index in [-0.39, 0.29) is 12.1 Å². The van der Waals surface area contributed by atoms with Crippen molar-refractivity contribution in [2.45, 2.75) is 25.9 Å². The lowest BCUT2D eigenvalue weighted by Gasteiger charge is -2.17. The van der Waals surface area contributed by atoms with Crippen LogP contribution in [0.5, 0.6) is 5.75 Å². The van der Waals surface area contributed by atoms with Crippen LogP contribution in [0.2, 0.25) is 0 Å². The van der Waals surface area contributed by atoms with Crippen LogP contribution < -0.4 is 4.74 Å². The molecule has 0 aliphatic rings. The molecule has 0 unspecified atom stereocenters. The molecule has 0 bridgehead atoms. The Labute approximate surface area is 179 Å². The first-order valence-corrected chi connectivity index (χ1v) is 9.59. The molecule has 0 saturated heterocycles.